The molecule has 0 radical (unpaired) electrons. The minimum atomic E-state index is -0.00528. The fourth-order valence-electron chi connectivity index (χ4n) is 5.89. The molecule has 3 heterocycles. The van der Waals surface area contributed by atoms with Crippen molar-refractivity contribution < 1.29 is 4.74 Å². The molecule has 0 spiro atoms. The number of hydrogen-bond acceptors (Lipinski definition) is 6. The van der Waals surface area contributed by atoms with Crippen LogP contribution in [0.3, 0.4) is 0 Å². The molecule has 1 aromatic carbocycles. The van der Waals surface area contributed by atoms with E-state index in [2.05, 4.69) is 64.4 Å². The van der Waals surface area contributed by atoms with Gasteiger partial charge in [0.25, 0.3) is 5.56 Å². The molecular weight excluding hydrogens is 428 g/mol. The van der Waals surface area contributed by atoms with E-state index >= 15 is 0 Å². The van der Waals surface area contributed by atoms with E-state index < -0.39 is 0 Å². The molecule has 0 unspecified atom stereocenters. The van der Waals surface area contributed by atoms with Gasteiger partial charge in [-0.05, 0) is 79.6 Å². The topological polar surface area (TPSA) is 88.9 Å². The van der Waals surface area contributed by atoms with Crippen molar-refractivity contribution in [1.29, 1.82) is 0 Å². The number of nitrogens with zero attached hydrogens (tertiary/aromatic N) is 5. The second-order valence-corrected chi connectivity index (χ2v) is 10.1. The van der Waals surface area contributed by atoms with Crippen molar-refractivity contribution in [2.24, 2.45) is 0 Å². The van der Waals surface area contributed by atoms with Crippen LogP contribution in [0.4, 0.5) is 0 Å². The number of pyridine rings is 1. The Labute approximate surface area is 200 Å². The first-order valence-corrected chi connectivity index (χ1v) is 12.8. The lowest BCUT2D eigenvalue weighted by Gasteiger charge is -2.35. The first-order valence-electron chi connectivity index (χ1n) is 12.8. The Hall–Kier alpha value is -2.58. The van der Waals surface area contributed by atoms with E-state index in [-0.39, 0.29) is 17.7 Å². The van der Waals surface area contributed by atoms with Crippen molar-refractivity contribution in [3.05, 3.63) is 51.1 Å². The second-order valence-electron chi connectivity index (χ2n) is 10.1. The number of H-pyrrole nitrogens is 1. The lowest BCUT2D eigenvalue weighted by atomic mass is 10.0. The van der Waals surface area contributed by atoms with Crippen molar-refractivity contribution in [3.63, 3.8) is 0 Å². The number of rotatable bonds is 8. The molecule has 1 saturated carbocycles. The van der Waals surface area contributed by atoms with E-state index in [1.54, 1.807) is 0 Å². The molecule has 3 aromatic rings. The summed E-state index contributed by atoms with van der Waals surface area (Å²) in [4.78, 5) is 18.8. The van der Waals surface area contributed by atoms with E-state index in [0.717, 1.165) is 66.6 Å². The van der Waals surface area contributed by atoms with Crippen LogP contribution in [0.25, 0.3) is 10.9 Å². The molecule has 5 rings (SSSR count). The van der Waals surface area contributed by atoms with Gasteiger partial charge in [0.05, 0.1) is 18.7 Å². The molecule has 2 aromatic heterocycles. The van der Waals surface area contributed by atoms with Crippen LogP contribution in [-0.2, 0) is 17.8 Å². The van der Waals surface area contributed by atoms with Crippen molar-refractivity contribution >= 4 is 10.9 Å². The van der Waals surface area contributed by atoms with E-state index in [0.29, 0.717) is 19.1 Å². The smallest absolute Gasteiger partial charge is 0.252 e. The Morgan fingerprint density at radius 1 is 1.18 bits per heavy atom. The normalized spacial score (nSPS) is 20.1. The molecule has 8 heteroatoms. The van der Waals surface area contributed by atoms with Crippen LogP contribution in [0.1, 0.15) is 80.4 Å². The summed E-state index contributed by atoms with van der Waals surface area (Å²) < 4.78 is 7.79. The number of nitrogens with one attached hydrogen (secondary N) is 1. The highest BCUT2D eigenvalue weighted by Crippen LogP contribution is 2.34. The average Bonchev–Trinajstić information content (AvgIpc) is 3.58. The van der Waals surface area contributed by atoms with Gasteiger partial charge in [-0.3, -0.25) is 9.69 Å². The zero-order chi connectivity index (χ0) is 23.7. The highest BCUT2D eigenvalue weighted by Gasteiger charge is 2.33. The van der Waals surface area contributed by atoms with E-state index in [1.165, 1.54) is 18.4 Å². The SMILES string of the molecule is CC[C@H](c1nnnn1C[C@H]1CCCO1)N(Cc1cc2c(C)cc(C)cc2[nH]c1=O)C1CCCC1. The molecular formula is C26H36N6O2. The number of ether oxygens (including phenoxy) is 1. The third-order valence-corrected chi connectivity index (χ3v) is 7.58. The van der Waals surface area contributed by atoms with E-state index in [4.69, 9.17) is 4.74 Å². The fourth-order valence-corrected chi connectivity index (χ4v) is 5.89. The quantitative estimate of drug-likeness (QED) is 0.537. The molecule has 1 aliphatic carbocycles. The Kier molecular flexibility index (Phi) is 6.79. The van der Waals surface area contributed by atoms with Crippen LogP contribution in [0.5, 0.6) is 0 Å². The Morgan fingerprint density at radius 3 is 2.74 bits per heavy atom. The van der Waals surface area contributed by atoms with Crippen LogP contribution in [0.15, 0.2) is 23.0 Å². The lowest BCUT2D eigenvalue weighted by molar-refractivity contribution is 0.0839. The maximum Gasteiger partial charge on any atom is 0.252 e. The summed E-state index contributed by atoms with van der Waals surface area (Å²) in [5.74, 6) is 0.883. The predicted molar refractivity (Wildman–Crippen MR) is 132 cm³/mol. The van der Waals surface area contributed by atoms with Gasteiger partial charge in [-0.25, -0.2) is 4.68 Å². The Bertz CT molecular complexity index is 1190. The Morgan fingerprint density at radius 2 is 2.00 bits per heavy atom. The van der Waals surface area contributed by atoms with Crippen molar-refractivity contribution in [2.45, 2.75) is 97.0 Å². The number of aromatic nitrogens is 5. The number of fused-ring (bicyclic) bond motifs is 1. The van der Waals surface area contributed by atoms with Crippen molar-refractivity contribution in [3.8, 4) is 0 Å². The van der Waals surface area contributed by atoms with Gasteiger partial charge in [-0.1, -0.05) is 25.8 Å². The predicted octanol–water partition coefficient (Wildman–Crippen LogP) is 4.21. The molecule has 1 saturated heterocycles. The third-order valence-electron chi connectivity index (χ3n) is 7.58. The van der Waals surface area contributed by atoms with Gasteiger partial charge in [0, 0.05) is 35.7 Å². The van der Waals surface area contributed by atoms with Crippen LogP contribution in [-0.4, -0.2) is 48.8 Å². The molecule has 34 heavy (non-hydrogen) atoms. The highest BCUT2D eigenvalue weighted by atomic mass is 16.5. The molecule has 2 atom stereocenters. The summed E-state index contributed by atoms with van der Waals surface area (Å²) in [6.07, 6.45) is 7.95. The highest BCUT2D eigenvalue weighted by molar-refractivity contribution is 5.83. The number of aryl methyl sites for hydroxylation is 2. The van der Waals surface area contributed by atoms with E-state index in [1.807, 2.05) is 4.68 Å². The molecule has 0 amide bonds. The summed E-state index contributed by atoms with van der Waals surface area (Å²) >= 11 is 0. The molecule has 1 N–H and O–H groups in total. The number of tetrazole rings is 1. The minimum Gasteiger partial charge on any atom is -0.376 e. The molecule has 1 aliphatic heterocycles. The van der Waals surface area contributed by atoms with Crippen LogP contribution < -0.4 is 5.56 Å². The summed E-state index contributed by atoms with van der Waals surface area (Å²) in [7, 11) is 0. The summed E-state index contributed by atoms with van der Waals surface area (Å²) in [5, 5.41) is 14.0. The zero-order valence-electron chi connectivity index (χ0n) is 20.6. The fraction of sp³-hybridized carbons (Fsp3) is 0.615. The third kappa shape index (κ3) is 4.66. The lowest BCUT2D eigenvalue weighted by Crippen LogP contribution is -2.39. The molecule has 182 valence electrons. The molecule has 0 bridgehead atoms. The van der Waals surface area contributed by atoms with Gasteiger partial charge in [0.15, 0.2) is 5.82 Å². The Balaban J connectivity index is 1.49. The number of hydrogen-bond donors (Lipinski definition) is 1. The van der Waals surface area contributed by atoms with Gasteiger partial charge in [0.2, 0.25) is 0 Å². The zero-order valence-corrected chi connectivity index (χ0v) is 20.6. The first-order chi connectivity index (χ1) is 16.5. The van der Waals surface area contributed by atoms with Gasteiger partial charge in [-0.15, -0.1) is 5.10 Å². The van der Waals surface area contributed by atoms with Gasteiger partial charge in [0.1, 0.15) is 0 Å². The van der Waals surface area contributed by atoms with Crippen molar-refractivity contribution in [2.75, 3.05) is 6.61 Å². The standard InChI is InChI=1S/C26H36N6O2/c1-4-24(25-28-29-30-32(25)16-21-10-7-11-34-21)31(20-8-5-6-9-20)15-19-14-22-18(3)12-17(2)13-23(22)27-26(19)33/h12-14,20-21,24H,4-11,15-16H2,1-3H3,(H,27,33)/t21-,24-/m1/s1. The first kappa shape index (κ1) is 23.2. The second kappa shape index (κ2) is 9.96. The van der Waals surface area contributed by atoms with Gasteiger partial charge in [-0.2, -0.15) is 0 Å². The summed E-state index contributed by atoms with van der Waals surface area (Å²) in [6, 6.07) is 6.79. The monoisotopic (exact) mass is 464 g/mol. The summed E-state index contributed by atoms with van der Waals surface area (Å²) in [5.41, 5.74) is 4.06. The van der Waals surface area contributed by atoms with Crippen LogP contribution in [0, 0.1) is 13.8 Å². The maximum atomic E-state index is 13.2. The molecule has 8 nitrogen and oxygen atoms in total. The van der Waals surface area contributed by atoms with E-state index in [9.17, 15) is 4.79 Å². The van der Waals surface area contributed by atoms with Crippen LogP contribution >= 0.6 is 0 Å². The maximum absolute atomic E-state index is 13.2. The molecule has 2 aliphatic rings. The number of benzene rings is 1. The van der Waals surface area contributed by atoms with Crippen LogP contribution in [0.2, 0.25) is 0 Å². The largest absolute Gasteiger partial charge is 0.376 e. The average molecular weight is 465 g/mol. The van der Waals surface area contributed by atoms with Gasteiger partial charge < -0.3 is 9.72 Å². The summed E-state index contributed by atoms with van der Waals surface area (Å²) in [6.45, 7) is 8.46. The van der Waals surface area contributed by atoms with Gasteiger partial charge >= 0.3 is 0 Å². The minimum absolute atomic E-state index is 0.00528. The van der Waals surface area contributed by atoms with Crippen molar-refractivity contribution in [1.82, 2.24) is 30.1 Å². The molecule has 2 fully saturated rings. The number of aromatic amines is 1.